The fourth-order valence-electron chi connectivity index (χ4n) is 2.09. The molecule has 100 valence electrons. The van der Waals surface area contributed by atoms with Gasteiger partial charge >= 0.3 is 5.97 Å². The van der Waals surface area contributed by atoms with Crippen LogP contribution < -0.4 is 0 Å². The fraction of sp³-hybridized carbons (Fsp3) is 0. The van der Waals surface area contributed by atoms with Crippen molar-refractivity contribution in [2.75, 3.05) is 0 Å². The smallest absolute Gasteiger partial charge is 0.352 e. The molecule has 2 aromatic heterocycles. The minimum Gasteiger partial charge on any atom is -0.477 e. The lowest BCUT2D eigenvalue weighted by atomic mass is 10.2. The number of aromatic carboxylic acids is 1. The SMILES string of the molecule is O=C(O)c1cccc2c(Cl)nc(-c3cccc(F)c3)n12. The highest BCUT2D eigenvalue weighted by Gasteiger charge is 2.17. The quantitative estimate of drug-likeness (QED) is 0.786. The van der Waals surface area contributed by atoms with Crippen LogP contribution >= 0.6 is 11.6 Å². The highest BCUT2D eigenvalue weighted by atomic mass is 35.5. The van der Waals surface area contributed by atoms with E-state index < -0.39 is 11.8 Å². The highest BCUT2D eigenvalue weighted by molar-refractivity contribution is 6.33. The van der Waals surface area contributed by atoms with Crippen molar-refractivity contribution in [3.63, 3.8) is 0 Å². The topological polar surface area (TPSA) is 54.6 Å². The van der Waals surface area contributed by atoms with Crippen LogP contribution in [-0.4, -0.2) is 20.5 Å². The van der Waals surface area contributed by atoms with Crippen molar-refractivity contribution >= 4 is 23.1 Å². The molecule has 0 fully saturated rings. The molecule has 3 rings (SSSR count). The largest absolute Gasteiger partial charge is 0.477 e. The first-order valence-electron chi connectivity index (χ1n) is 5.74. The molecule has 2 heterocycles. The van der Waals surface area contributed by atoms with Crippen LogP contribution in [0.3, 0.4) is 0 Å². The Morgan fingerprint density at radius 1 is 1.25 bits per heavy atom. The molecule has 0 bridgehead atoms. The van der Waals surface area contributed by atoms with Crippen LogP contribution in [0.5, 0.6) is 0 Å². The first-order chi connectivity index (χ1) is 9.58. The molecule has 0 atom stereocenters. The molecule has 6 heteroatoms. The highest BCUT2D eigenvalue weighted by Crippen LogP contribution is 2.27. The molecule has 0 aliphatic carbocycles. The van der Waals surface area contributed by atoms with Gasteiger partial charge in [0.25, 0.3) is 0 Å². The van der Waals surface area contributed by atoms with Crippen molar-refractivity contribution < 1.29 is 14.3 Å². The molecular formula is C14H8ClFN2O2. The second kappa shape index (κ2) is 4.61. The Bertz CT molecular complexity index is 829. The van der Waals surface area contributed by atoms with Crippen LogP contribution in [-0.2, 0) is 0 Å². The maximum Gasteiger partial charge on any atom is 0.352 e. The summed E-state index contributed by atoms with van der Waals surface area (Å²) in [5.74, 6) is -1.24. The van der Waals surface area contributed by atoms with Crippen LogP contribution in [0, 0.1) is 5.82 Å². The molecule has 0 unspecified atom stereocenters. The van der Waals surface area contributed by atoms with E-state index in [0.29, 0.717) is 16.9 Å². The molecule has 0 saturated carbocycles. The van der Waals surface area contributed by atoms with Gasteiger partial charge < -0.3 is 5.11 Å². The summed E-state index contributed by atoms with van der Waals surface area (Å²) in [4.78, 5) is 15.5. The summed E-state index contributed by atoms with van der Waals surface area (Å²) in [6.45, 7) is 0. The molecule has 0 spiro atoms. The number of rotatable bonds is 2. The monoisotopic (exact) mass is 290 g/mol. The van der Waals surface area contributed by atoms with E-state index >= 15 is 0 Å². The lowest BCUT2D eigenvalue weighted by Gasteiger charge is -2.05. The van der Waals surface area contributed by atoms with Gasteiger partial charge in [-0.25, -0.2) is 14.2 Å². The van der Waals surface area contributed by atoms with E-state index in [1.165, 1.54) is 28.7 Å². The molecule has 0 saturated heterocycles. The van der Waals surface area contributed by atoms with E-state index in [1.54, 1.807) is 18.2 Å². The third-order valence-electron chi connectivity index (χ3n) is 2.92. The normalized spacial score (nSPS) is 10.9. The molecule has 0 amide bonds. The summed E-state index contributed by atoms with van der Waals surface area (Å²) < 4.78 is 14.7. The van der Waals surface area contributed by atoms with E-state index in [4.69, 9.17) is 11.6 Å². The molecule has 4 nitrogen and oxygen atoms in total. The number of benzene rings is 1. The summed E-state index contributed by atoms with van der Waals surface area (Å²) in [6.07, 6.45) is 0. The average Bonchev–Trinajstić information content (AvgIpc) is 2.76. The number of halogens is 2. The third-order valence-corrected chi connectivity index (χ3v) is 3.20. The van der Waals surface area contributed by atoms with Crippen molar-refractivity contribution in [3.05, 3.63) is 59.1 Å². The van der Waals surface area contributed by atoms with Crippen LogP contribution in [0.4, 0.5) is 4.39 Å². The predicted molar refractivity (Wildman–Crippen MR) is 72.6 cm³/mol. The van der Waals surface area contributed by atoms with Gasteiger partial charge in [0.05, 0.1) is 5.52 Å². The Morgan fingerprint density at radius 3 is 2.70 bits per heavy atom. The summed E-state index contributed by atoms with van der Waals surface area (Å²) in [5, 5.41) is 9.43. The predicted octanol–water partition coefficient (Wildman–Crippen LogP) is 3.49. The summed E-state index contributed by atoms with van der Waals surface area (Å²) in [7, 11) is 0. The van der Waals surface area contributed by atoms with E-state index in [-0.39, 0.29) is 10.8 Å². The van der Waals surface area contributed by atoms with E-state index in [1.807, 2.05) is 0 Å². The number of pyridine rings is 1. The van der Waals surface area contributed by atoms with Crippen LogP contribution in [0.15, 0.2) is 42.5 Å². The summed E-state index contributed by atoms with van der Waals surface area (Å²) in [6, 6.07) is 10.4. The maximum absolute atomic E-state index is 13.3. The number of aromatic nitrogens is 2. The van der Waals surface area contributed by atoms with E-state index in [2.05, 4.69) is 4.98 Å². The number of nitrogens with zero attached hydrogens (tertiary/aromatic N) is 2. The Kier molecular flexibility index (Phi) is 2.91. The second-order valence-electron chi connectivity index (χ2n) is 4.17. The first kappa shape index (κ1) is 12.6. The van der Waals surface area contributed by atoms with Crippen LogP contribution in [0.2, 0.25) is 5.15 Å². The number of carbonyl (C=O) groups is 1. The Balaban J connectivity index is 2.39. The van der Waals surface area contributed by atoms with Gasteiger partial charge in [0.1, 0.15) is 17.3 Å². The zero-order valence-corrected chi connectivity index (χ0v) is 10.8. The minimum absolute atomic E-state index is 0.0150. The van der Waals surface area contributed by atoms with Gasteiger partial charge in [0.15, 0.2) is 5.15 Å². The van der Waals surface area contributed by atoms with Crippen LogP contribution in [0.1, 0.15) is 10.5 Å². The molecule has 0 radical (unpaired) electrons. The van der Waals surface area contributed by atoms with Crippen molar-refractivity contribution in [1.82, 2.24) is 9.38 Å². The van der Waals surface area contributed by atoms with Gasteiger partial charge in [0, 0.05) is 5.56 Å². The fourth-order valence-corrected chi connectivity index (χ4v) is 2.31. The van der Waals surface area contributed by atoms with Crippen molar-refractivity contribution in [2.45, 2.75) is 0 Å². The molecule has 20 heavy (non-hydrogen) atoms. The maximum atomic E-state index is 13.3. The first-order valence-corrected chi connectivity index (χ1v) is 6.12. The molecular weight excluding hydrogens is 283 g/mol. The van der Waals surface area contributed by atoms with Crippen LogP contribution in [0.25, 0.3) is 16.9 Å². The summed E-state index contributed by atoms with van der Waals surface area (Å²) >= 11 is 6.03. The number of hydrogen-bond acceptors (Lipinski definition) is 2. The lowest BCUT2D eigenvalue weighted by molar-refractivity contribution is 0.0689. The number of hydrogen-bond donors (Lipinski definition) is 1. The third kappa shape index (κ3) is 1.92. The van der Waals surface area contributed by atoms with Gasteiger partial charge in [-0.15, -0.1) is 0 Å². The molecule has 1 aromatic carbocycles. The van der Waals surface area contributed by atoms with Gasteiger partial charge in [0.2, 0.25) is 0 Å². The average molecular weight is 291 g/mol. The van der Waals surface area contributed by atoms with E-state index in [9.17, 15) is 14.3 Å². The number of fused-ring (bicyclic) bond motifs is 1. The van der Waals surface area contributed by atoms with E-state index in [0.717, 1.165) is 0 Å². The number of carboxylic acid groups (broad SMARTS) is 1. The zero-order chi connectivity index (χ0) is 14.3. The molecule has 1 N–H and O–H groups in total. The Hall–Kier alpha value is -2.40. The Morgan fingerprint density at radius 2 is 2.00 bits per heavy atom. The second-order valence-corrected chi connectivity index (χ2v) is 4.53. The van der Waals surface area contributed by atoms with Crippen molar-refractivity contribution in [3.8, 4) is 11.4 Å². The standard InChI is InChI=1S/C14H8ClFN2O2/c15-12-10-5-2-6-11(14(19)20)18(10)13(17-12)8-3-1-4-9(16)7-8/h1-7H,(H,19,20). The molecule has 0 aliphatic heterocycles. The Labute approximate surface area is 118 Å². The van der Waals surface area contributed by atoms with Crippen molar-refractivity contribution in [1.29, 1.82) is 0 Å². The zero-order valence-electron chi connectivity index (χ0n) is 10.0. The molecule has 3 aromatic rings. The number of carboxylic acids is 1. The van der Waals surface area contributed by atoms with Gasteiger partial charge in [-0.05, 0) is 24.3 Å². The van der Waals surface area contributed by atoms with Crippen molar-refractivity contribution in [2.24, 2.45) is 0 Å². The molecule has 0 aliphatic rings. The lowest BCUT2D eigenvalue weighted by Crippen LogP contribution is -2.05. The van der Waals surface area contributed by atoms with Gasteiger partial charge in [-0.2, -0.15) is 0 Å². The number of imidazole rings is 1. The summed E-state index contributed by atoms with van der Waals surface area (Å²) in [5.41, 5.74) is 0.938. The van der Waals surface area contributed by atoms with Gasteiger partial charge in [-0.1, -0.05) is 29.8 Å². The van der Waals surface area contributed by atoms with Gasteiger partial charge in [-0.3, -0.25) is 4.40 Å². The minimum atomic E-state index is -1.11.